The number of halogens is 1. The highest BCUT2D eigenvalue weighted by atomic mass is 35.5. The van der Waals surface area contributed by atoms with Crippen LogP contribution in [0.1, 0.15) is 16.7 Å². The molecule has 0 saturated heterocycles. The highest BCUT2D eigenvalue weighted by Crippen LogP contribution is 2.20. The summed E-state index contributed by atoms with van der Waals surface area (Å²) in [5.74, 6) is 1.06. The van der Waals surface area contributed by atoms with Crippen molar-refractivity contribution in [2.24, 2.45) is 0 Å². The second kappa shape index (κ2) is 10.4. The molecule has 0 aliphatic rings. The van der Waals surface area contributed by atoms with E-state index in [1.54, 1.807) is 0 Å². The molecule has 4 aromatic rings. The zero-order valence-electron chi connectivity index (χ0n) is 17.0. The molecule has 0 aromatic heterocycles. The number of amidine groups is 1. The molecule has 0 radical (unpaired) electrons. The summed E-state index contributed by atoms with van der Waals surface area (Å²) in [6.45, 7) is 2.91. The van der Waals surface area contributed by atoms with E-state index in [1.807, 2.05) is 0 Å². The lowest BCUT2D eigenvalue weighted by Gasteiger charge is -2.15. The fourth-order valence-corrected chi connectivity index (χ4v) is 3.41. The second-order valence-electron chi connectivity index (χ2n) is 7.06. The van der Waals surface area contributed by atoms with Gasteiger partial charge in [-0.2, -0.15) is 0 Å². The molecule has 30 heavy (non-hydrogen) atoms. The zero-order valence-corrected chi connectivity index (χ0v) is 17.8. The van der Waals surface area contributed by atoms with Crippen molar-refractivity contribution in [3.63, 3.8) is 0 Å². The maximum Gasteiger partial charge on any atom is 0.287 e. The van der Waals surface area contributed by atoms with Crippen LogP contribution >= 0.6 is 0 Å². The van der Waals surface area contributed by atoms with E-state index >= 15 is 0 Å². The normalized spacial score (nSPS) is 11.2. The maximum absolute atomic E-state index is 3.72. The van der Waals surface area contributed by atoms with Crippen LogP contribution in [0.3, 0.4) is 0 Å². The van der Waals surface area contributed by atoms with E-state index < -0.39 is 0 Å². The van der Waals surface area contributed by atoms with E-state index in [9.17, 15) is 0 Å². The fourth-order valence-electron chi connectivity index (χ4n) is 3.41. The summed E-state index contributed by atoms with van der Waals surface area (Å²) in [5.41, 5.74) is 5.89. The summed E-state index contributed by atoms with van der Waals surface area (Å²) in [7, 11) is 0. The molecule has 0 heterocycles. The average Bonchev–Trinajstić information content (AvgIpc) is 2.79. The first kappa shape index (κ1) is 21.4. The Morgan fingerprint density at radius 2 is 1.20 bits per heavy atom. The van der Waals surface area contributed by atoms with Gasteiger partial charge in [-0.1, -0.05) is 84.9 Å². The van der Waals surface area contributed by atoms with Crippen molar-refractivity contribution < 1.29 is 17.0 Å². The lowest BCUT2D eigenvalue weighted by atomic mass is 10.1. The van der Waals surface area contributed by atoms with Crippen molar-refractivity contribution in [1.82, 2.24) is 0 Å². The zero-order chi connectivity index (χ0) is 19.9. The molecule has 3 heteroatoms. The van der Waals surface area contributed by atoms with Crippen molar-refractivity contribution in [2.75, 3.05) is 5.32 Å². The number of rotatable bonds is 5. The number of nitrogens with one attached hydrogen (secondary N) is 1. The predicted molar refractivity (Wildman–Crippen MR) is 122 cm³/mol. The minimum atomic E-state index is 0. The van der Waals surface area contributed by atoms with E-state index in [4.69, 9.17) is 0 Å². The van der Waals surface area contributed by atoms with Gasteiger partial charge < -0.3 is 12.4 Å². The highest BCUT2D eigenvalue weighted by Gasteiger charge is 2.20. The Hall–Kier alpha value is -3.36. The number of aryl methyl sites for hydroxylation is 1. The van der Waals surface area contributed by atoms with Gasteiger partial charge in [0.2, 0.25) is 0 Å². The Labute approximate surface area is 185 Å². The molecule has 0 aliphatic carbocycles. The minimum Gasteiger partial charge on any atom is -1.00 e. The number of hydrogen-bond acceptors (Lipinski definition) is 0. The van der Waals surface area contributed by atoms with Crippen molar-refractivity contribution in [3.8, 4) is 0 Å². The lowest BCUT2D eigenvalue weighted by molar-refractivity contribution is -0.457. The van der Waals surface area contributed by atoms with E-state index in [2.05, 4.69) is 132 Å². The fraction of sp³-hybridized carbons (Fsp3) is 0.0741. The van der Waals surface area contributed by atoms with E-state index in [0.29, 0.717) is 0 Å². The summed E-state index contributed by atoms with van der Waals surface area (Å²) in [4.78, 5) is 0. The predicted octanol–water partition coefficient (Wildman–Crippen LogP) is 3.40. The van der Waals surface area contributed by atoms with Crippen molar-refractivity contribution >= 4 is 17.2 Å². The molecule has 0 fully saturated rings. The van der Waals surface area contributed by atoms with Gasteiger partial charge in [0.25, 0.3) is 5.84 Å². The highest BCUT2D eigenvalue weighted by molar-refractivity contribution is 6.05. The third-order valence-corrected chi connectivity index (χ3v) is 4.97. The van der Waals surface area contributed by atoms with Crippen LogP contribution in [0.5, 0.6) is 0 Å². The van der Waals surface area contributed by atoms with Crippen molar-refractivity contribution in [1.29, 1.82) is 0 Å². The first-order valence-corrected chi connectivity index (χ1v) is 9.93. The van der Waals surface area contributed by atoms with Crippen LogP contribution in [0.4, 0.5) is 11.4 Å². The minimum absolute atomic E-state index is 0. The molecule has 0 amide bonds. The number of para-hydroxylation sites is 2. The maximum atomic E-state index is 3.72. The summed E-state index contributed by atoms with van der Waals surface area (Å²) in [6.07, 6.45) is 0. The average molecular weight is 413 g/mol. The Balaban J connectivity index is 0.00000256. The monoisotopic (exact) mass is 412 g/mol. The Morgan fingerprint density at radius 1 is 0.667 bits per heavy atom. The molecule has 0 atom stereocenters. The summed E-state index contributed by atoms with van der Waals surface area (Å²) in [5, 5.41) is 3.72. The molecule has 4 rings (SSSR count). The molecule has 1 N–H and O–H groups in total. The van der Waals surface area contributed by atoms with Crippen LogP contribution in [0.2, 0.25) is 0 Å². The van der Waals surface area contributed by atoms with E-state index in [-0.39, 0.29) is 12.4 Å². The summed E-state index contributed by atoms with van der Waals surface area (Å²) >= 11 is 0. The molecule has 150 valence electrons. The molecule has 0 unspecified atom stereocenters. The van der Waals surface area contributed by atoms with Crippen LogP contribution < -0.4 is 17.7 Å². The Bertz CT molecular complexity index is 1090. The van der Waals surface area contributed by atoms with Crippen molar-refractivity contribution in [2.45, 2.75) is 13.5 Å². The first-order chi connectivity index (χ1) is 14.3. The number of anilines is 1. The van der Waals surface area contributed by atoms with Gasteiger partial charge in [-0.05, 0) is 48.4 Å². The van der Waals surface area contributed by atoms with Crippen LogP contribution in [0.15, 0.2) is 115 Å². The topological polar surface area (TPSA) is 15.0 Å². The SMILES string of the molecule is Cc1ccccc1NC(c1ccccc1)=[N+](Cc1ccccc1)c1ccccc1.[Cl-]. The molecule has 4 aromatic carbocycles. The molecular formula is C27H25ClN2. The lowest BCUT2D eigenvalue weighted by Crippen LogP contribution is -3.00. The van der Waals surface area contributed by atoms with Gasteiger partial charge in [0.15, 0.2) is 0 Å². The molecule has 0 saturated carbocycles. The van der Waals surface area contributed by atoms with Gasteiger partial charge in [0.05, 0.1) is 5.56 Å². The van der Waals surface area contributed by atoms with Crippen LogP contribution in [-0.2, 0) is 6.54 Å². The molecule has 0 spiro atoms. The Kier molecular flexibility index (Phi) is 7.42. The van der Waals surface area contributed by atoms with Gasteiger partial charge >= 0.3 is 0 Å². The smallest absolute Gasteiger partial charge is 0.287 e. The third kappa shape index (κ3) is 5.16. The number of hydrogen-bond donors (Lipinski definition) is 1. The first-order valence-electron chi connectivity index (χ1n) is 9.93. The van der Waals surface area contributed by atoms with Gasteiger partial charge in [-0.3, -0.25) is 0 Å². The molecular weight excluding hydrogens is 388 g/mol. The quantitative estimate of drug-likeness (QED) is 0.301. The van der Waals surface area contributed by atoms with Crippen LogP contribution in [0, 0.1) is 6.92 Å². The largest absolute Gasteiger partial charge is 1.00 e. The van der Waals surface area contributed by atoms with E-state index in [1.165, 1.54) is 11.1 Å². The number of nitrogens with zero attached hydrogens (tertiary/aromatic N) is 1. The Morgan fingerprint density at radius 3 is 1.83 bits per heavy atom. The van der Waals surface area contributed by atoms with Gasteiger partial charge in [0, 0.05) is 0 Å². The second-order valence-corrected chi connectivity index (χ2v) is 7.06. The van der Waals surface area contributed by atoms with Gasteiger partial charge in [-0.15, -0.1) is 0 Å². The van der Waals surface area contributed by atoms with Gasteiger partial charge in [0.1, 0.15) is 17.9 Å². The summed E-state index contributed by atoms with van der Waals surface area (Å²) in [6, 6.07) is 40.1. The third-order valence-electron chi connectivity index (χ3n) is 4.97. The molecule has 0 aliphatic heterocycles. The van der Waals surface area contributed by atoms with Gasteiger partial charge in [-0.25, -0.2) is 9.89 Å². The standard InChI is InChI=1S/C27H24N2.ClH/c1-22-13-11-12-20-26(22)28-27(24-16-7-3-8-17-24)29(25-18-9-4-10-19-25)21-23-14-5-2-6-15-23;/h2-20H,21H2,1H3;1H. The number of benzene rings is 4. The van der Waals surface area contributed by atoms with E-state index in [0.717, 1.165) is 29.3 Å². The summed E-state index contributed by atoms with van der Waals surface area (Å²) < 4.78 is 2.34. The molecule has 0 bridgehead atoms. The molecule has 2 nitrogen and oxygen atoms in total. The van der Waals surface area contributed by atoms with Crippen LogP contribution in [-0.4, -0.2) is 10.4 Å². The van der Waals surface area contributed by atoms with Crippen molar-refractivity contribution in [3.05, 3.63) is 132 Å². The van der Waals surface area contributed by atoms with Crippen LogP contribution in [0.25, 0.3) is 0 Å².